The van der Waals surface area contributed by atoms with E-state index in [4.69, 9.17) is 14.7 Å². The van der Waals surface area contributed by atoms with Crippen LogP contribution >= 0.6 is 12.4 Å². The summed E-state index contributed by atoms with van der Waals surface area (Å²) in [7, 11) is 0. The van der Waals surface area contributed by atoms with Crippen LogP contribution in [0.25, 0.3) is 0 Å². The lowest BCUT2D eigenvalue weighted by molar-refractivity contribution is -0.134. The van der Waals surface area contributed by atoms with E-state index in [1.807, 2.05) is 0 Å². The van der Waals surface area contributed by atoms with Crippen LogP contribution in [0.5, 0.6) is 0 Å². The molecule has 0 aliphatic carbocycles. The molecule has 0 aromatic heterocycles. The topological polar surface area (TPSA) is 54.4 Å². The third kappa shape index (κ3) is 328. The zero-order chi connectivity index (χ0) is 6.28. The number of carboxylic acid groups (broad SMARTS) is 1. The number of carbonyl (C=O) groups is 2. The van der Waals surface area contributed by atoms with Crippen LogP contribution in [0.15, 0.2) is 0 Å². The van der Waals surface area contributed by atoms with Gasteiger partial charge in [-0.15, -0.1) is 12.4 Å². The number of aliphatic carboxylic acids is 1. The molecule has 50 valence electrons. The number of rotatable bonds is 0. The molecule has 3 nitrogen and oxygen atoms in total. The molecular formula is C4H9ClO3. The summed E-state index contributed by atoms with van der Waals surface area (Å²) < 4.78 is 0. The first kappa shape index (κ1) is 15.7. The lowest BCUT2D eigenvalue weighted by atomic mass is 10.9. The normalized spacial score (nSPS) is 4.75. The maximum Gasteiger partial charge on any atom is 0.300 e. The zero-order valence-corrected chi connectivity index (χ0v) is 5.57. The molecule has 0 aromatic rings. The number of aldehydes is 1. The molecule has 0 bridgehead atoms. The number of carbonyl (C=O) groups excluding carboxylic acids is 1. The first-order chi connectivity index (χ1) is 3.15. The SMILES string of the molecule is CC(=O)O.CC=O.Cl. The number of halogens is 1. The number of hydrogen-bond donors (Lipinski definition) is 1. The highest BCUT2D eigenvalue weighted by Gasteiger charge is 1.65. The molecule has 0 aliphatic rings. The molecule has 8 heavy (non-hydrogen) atoms. The smallest absolute Gasteiger partial charge is 0.300 e. The van der Waals surface area contributed by atoms with Gasteiger partial charge in [0.15, 0.2) is 0 Å². The fourth-order valence-electron chi connectivity index (χ4n) is 0. The molecule has 0 amide bonds. The molecule has 0 aliphatic heterocycles. The summed E-state index contributed by atoms with van der Waals surface area (Å²) in [6, 6.07) is 0. The first-order valence-corrected chi connectivity index (χ1v) is 1.74. The highest BCUT2D eigenvalue weighted by Crippen LogP contribution is 1.42. The predicted octanol–water partition coefficient (Wildman–Crippen LogP) is 0.718. The molecule has 0 radical (unpaired) electrons. The fraction of sp³-hybridized carbons (Fsp3) is 0.500. The second-order valence-corrected chi connectivity index (χ2v) is 0.755. The Kier molecular flexibility index (Phi) is 31.5. The number of hydrogen-bond acceptors (Lipinski definition) is 2. The molecule has 0 atom stereocenters. The Labute approximate surface area is 54.1 Å². The van der Waals surface area contributed by atoms with Gasteiger partial charge in [0, 0.05) is 6.92 Å². The minimum Gasteiger partial charge on any atom is -0.481 e. The summed E-state index contributed by atoms with van der Waals surface area (Å²) in [5, 5.41) is 7.42. The largest absolute Gasteiger partial charge is 0.481 e. The van der Waals surface area contributed by atoms with Crippen LogP contribution in [0, 0.1) is 0 Å². The van der Waals surface area contributed by atoms with E-state index >= 15 is 0 Å². The molecule has 0 heterocycles. The first-order valence-electron chi connectivity index (χ1n) is 1.74. The summed E-state index contributed by atoms with van der Waals surface area (Å²) in [6.07, 6.45) is 0.750. The van der Waals surface area contributed by atoms with Crippen LogP contribution in [0.1, 0.15) is 13.8 Å². The van der Waals surface area contributed by atoms with Gasteiger partial charge >= 0.3 is 0 Å². The van der Waals surface area contributed by atoms with Crippen molar-refractivity contribution in [3.05, 3.63) is 0 Å². The summed E-state index contributed by atoms with van der Waals surface area (Å²) in [5.74, 6) is -0.833. The Balaban J connectivity index is -0.0000000575. The Bertz CT molecular complexity index is 58.3. The third-order valence-corrected chi connectivity index (χ3v) is 0. The monoisotopic (exact) mass is 140 g/mol. The molecule has 0 rings (SSSR count). The van der Waals surface area contributed by atoms with Gasteiger partial charge < -0.3 is 9.90 Å². The Morgan fingerprint density at radius 3 is 1.62 bits per heavy atom. The average Bonchev–Trinajstić information content (AvgIpc) is 1.33. The van der Waals surface area contributed by atoms with Crippen molar-refractivity contribution in [2.75, 3.05) is 0 Å². The molecule has 0 saturated heterocycles. The van der Waals surface area contributed by atoms with Crippen LogP contribution in [-0.4, -0.2) is 17.4 Å². The minimum absolute atomic E-state index is 0. The van der Waals surface area contributed by atoms with Crippen molar-refractivity contribution in [1.29, 1.82) is 0 Å². The minimum atomic E-state index is -0.833. The average molecular weight is 141 g/mol. The van der Waals surface area contributed by atoms with Gasteiger partial charge in [0.05, 0.1) is 0 Å². The molecule has 0 spiro atoms. The molecule has 1 N–H and O–H groups in total. The van der Waals surface area contributed by atoms with E-state index in [0.717, 1.165) is 13.2 Å². The van der Waals surface area contributed by atoms with Crippen molar-refractivity contribution in [2.24, 2.45) is 0 Å². The van der Waals surface area contributed by atoms with E-state index in [-0.39, 0.29) is 12.4 Å². The summed E-state index contributed by atoms with van der Waals surface area (Å²) in [5.41, 5.74) is 0. The standard InChI is InChI=1S/C2H4O2.C2H4O.ClH/c1-2(3)4;1-2-3;/h1H3,(H,3,4);2H,1H3;1H. The second-order valence-electron chi connectivity index (χ2n) is 0.755. The molecule has 0 saturated carbocycles. The lowest BCUT2D eigenvalue weighted by Gasteiger charge is -1.59. The fourth-order valence-corrected chi connectivity index (χ4v) is 0. The van der Waals surface area contributed by atoms with E-state index in [9.17, 15) is 0 Å². The van der Waals surface area contributed by atoms with E-state index in [0.29, 0.717) is 0 Å². The summed E-state index contributed by atoms with van der Waals surface area (Å²) >= 11 is 0. The van der Waals surface area contributed by atoms with Crippen LogP contribution in [0.4, 0.5) is 0 Å². The van der Waals surface area contributed by atoms with Gasteiger partial charge in [-0.3, -0.25) is 4.79 Å². The Morgan fingerprint density at radius 2 is 1.62 bits per heavy atom. The van der Waals surface area contributed by atoms with Crippen LogP contribution in [0.2, 0.25) is 0 Å². The van der Waals surface area contributed by atoms with Crippen molar-refractivity contribution in [1.82, 2.24) is 0 Å². The maximum atomic E-state index is 9.00. The third-order valence-electron chi connectivity index (χ3n) is 0. The van der Waals surface area contributed by atoms with Gasteiger partial charge in [0.1, 0.15) is 6.29 Å². The van der Waals surface area contributed by atoms with Crippen molar-refractivity contribution in [3.8, 4) is 0 Å². The van der Waals surface area contributed by atoms with Crippen molar-refractivity contribution in [2.45, 2.75) is 13.8 Å². The van der Waals surface area contributed by atoms with Gasteiger partial charge in [-0.05, 0) is 6.92 Å². The molecule has 0 fully saturated rings. The van der Waals surface area contributed by atoms with Crippen LogP contribution < -0.4 is 0 Å². The lowest BCUT2D eigenvalue weighted by Crippen LogP contribution is -1.78. The second kappa shape index (κ2) is 16.1. The maximum absolute atomic E-state index is 9.00. The summed E-state index contributed by atoms with van der Waals surface area (Å²) in [6.45, 7) is 2.53. The van der Waals surface area contributed by atoms with Crippen LogP contribution in [0.3, 0.4) is 0 Å². The predicted molar refractivity (Wildman–Crippen MR) is 32.3 cm³/mol. The Hall–Kier alpha value is -0.570. The van der Waals surface area contributed by atoms with Gasteiger partial charge in [-0.2, -0.15) is 0 Å². The molecule has 0 aromatic carbocycles. The van der Waals surface area contributed by atoms with Crippen molar-refractivity contribution < 1.29 is 14.7 Å². The van der Waals surface area contributed by atoms with Gasteiger partial charge in [-0.25, -0.2) is 0 Å². The Morgan fingerprint density at radius 1 is 1.62 bits per heavy atom. The van der Waals surface area contributed by atoms with Gasteiger partial charge in [0.25, 0.3) is 5.97 Å². The zero-order valence-electron chi connectivity index (χ0n) is 4.75. The quantitative estimate of drug-likeness (QED) is 0.505. The van der Waals surface area contributed by atoms with Crippen molar-refractivity contribution >= 4 is 24.7 Å². The van der Waals surface area contributed by atoms with E-state index in [1.165, 1.54) is 6.92 Å². The van der Waals surface area contributed by atoms with Gasteiger partial charge in [-0.1, -0.05) is 0 Å². The van der Waals surface area contributed by atoms with Crippen molar-refractivity contribution in [3.63, 3.8) is 0 Å². The van der Waals surface area contributed by atoms with Crippen LogP contribution in [-0.2, 0) is 9.59 Å². The van der Waals surface area contributed by atoms with E-state index in [1.54, 1.807) is 0 Å². The van der Waals surface area contributed by atoms with Gasteiger partial charge in [0.2, 0.25) is 0 Å². The number of carboxylic acids is 1. The summed E-state index contributed by atoms with van der Waals surface area (Å²) in [4.78, 5) is 17.8. The molecule has 0 unspecified atom stereocenters. The molecular weight excluding hydrogens is 131 g/mol. The molecule has 4 heteroatoms. The highest BCUT2D eigenvalue weighted by atomic mass is 35.5. The highest BCUT2D eigenvalue weighted by molar-refractivity contribution is 5.85. The van der Waals surface area contributed by atoms with E-state index < -0.39 is 5.97 Å². The van der Waals surface area contributed by atoms with E-state index in [2.05, 4.69) is 0 Å².